The van der Waals surface area contributed by atoms with Crippen molar-refractivity contribution < 1.29 is 4.79 Å². The van der Waals surface area contributed by atoms with Crippen molar-refractivity contribution >= 4 is 44.3 Å². The predicted octanol–water partition coefficient (Wildman–Crippen LogP) is 5.60. The SMILES string of the molecule is CCCCCCCC(=O)c1cc(I)ccc1Br. The van der Waals surface area contributed by atoms with Crippen molar-refractivity contribution in [2.45, 2.75) is 45.4 Å². The zero-order chi connectivity index (χ0) is 12.7. The maximum atomic E-state index is 12.0. The first kappa shape index (κ1) is 15.2. The van der Waals surface area contributed by atoms with Crippen LogP contribution < -0.4 is 0 Å². The van der Waals surface area contributed by atoms with Gasteiger partial charge >= 0.3 is 0 Å². The first-order valence-electron chi connectivity index (χ1n) is 6.13. The smallest absolute Gasteiger partial charge is 0.164 e. The lowest BCUT2D eigenvalue weighted by Crippen LogP contribution is -2.00. The fourth-order valence-electron chi connectivity index (χ4n) is 1.73. The minimum atomic E-state index is 0.256. The number of Topliss-reactive ketones (excluding diaryl/α,β-unsaturated/α-hetero) is 1. The van der Waals surface area contributed by atoms with Gasteiger partial charge in [0.05, 0.1) is 0 Å². The summed E-state index contributed by atoms with van der Waals surface area (Å²) in [6.07, 6.45) is 6.62. The molecule has 0 fully saturated rings. The van der Waals surface area contributed by atoms with Gasteiger partial charge in [-0.3, -0.25) is 4.79 Å². The van der Waals surface area contributed by atoms with Crippen molar-refractivity contribution in [3.63, 3.8) is 0 Å². The summed E-state index contributed by atoms with van der Waals surface area (Å²) in [6.45, 7) is 2.20. The highest BCUT2D eigenvalue weighted by molar-refractivity contribution is 14.1. The Morgan fingerprint density at radius 2 is 1.94 bits per heavy atom. The van der Waals surface area contributed by atoms with Crippen LogP contribution in [0.25, 0.3) is 0 Å². The Morgan fingerprint density at radius 1 is 1.24 bits per heavy atom. The molecule has 0 saturated carbocycles. The third-order valence-electron chi connectivity index (χ3n) is 2.74. The van der Waals surface area contributed by atoms with E-state index in [1.54, 1.807) is 0 Å². The summed E-state index contributed by atoms with van der Waals surface area (Å²) in [5, 5.41) is 0. The molecule has 0 aliphatic carbocycles. The second-order valence-corrected chi connectivity index (χ2v) is 6.31. The first-order valence-corrected chi connectivity index (χ1v) is 8.00. The molecule has 17 heavy (non-hydrogen) atoms. The van der Waals surface area contributed by atoms with Gasteiger partial charge in [0.25, 0.3) is 0 Å². The summed E-state index contributed by atoms with van der Waals surface area (Å²) in [4.78, 5) is 12.0. The van der Waals surface area contributed by atoms with Crippen LogP contribution >= 0.6 is 38.5 Å². The molecule has 0 bridgehead atoms. The van der Waals surface area contributed by atoms with Crippen LogP contribution in [0.15, 0.2) is 22.7 Å². The lowest BCUT2D eigenvalue weighted by atomic mass is 10.0. The molecule has 0 radical (unpaired) electrons. The largest absolute Gasteiger partial charge is 0.294 e. The van der Waals surface area contributed by atoms with Crippen LogP contribution in [0.2, 0.25) is 0 Å². The van der Waals surface area contributed by atoms with Gasteiger partial charge in [-0.15, -0.1) is 0 Å². The minimum Gasteiger partial charge on any atom is -0.294 e. The van der Waals surface area contributed by atoms with E-state index in [-0.39, 0.29) is 5.78 Å². The summed E-state index contributed by atoms with van der Waals surface area (Å²) in [6, 6.07) is 5.91. The number of benzene rings is 1. The zero-order valence-corrected chi connectivity index (χ0v) is 13.9. The quantitative estimate of drug-likeness (QED) is 0.326. The number of ketones is 1. The molecule has 0 saturated heterocycles. The van der Waals surface area contributed by atoms with Crippen LogP contribution in [0, 0.1) is 3.57 Å². The zero-order valence-electron chi connectivity index (χ0n) is 10.1. The number of hydrogen-bond donors (Lipinski definition) is 0. The Balaban J connectivity index is 2.44. The number of hydrogen-bond acceptors (Lipinski definition) is 1. The average molecular weight is 409 g/mol. The molecule has 1 aromatic rings. The summed E-state index contributed by atoms with van der Waals surface area (Å²) < 4.78 is 2.02. The Kier molecular flexibility index (Phi) is 7.35. The second-order valence-electron chi connectivity index (χ2n) is 4.21. The Hall–Kier alpha value is 0.1000. The van der Waals surface area contributed by atoms with Crippen LogP contribution in [-0.2, 0) is 0 Å². The van der Waals surface area contributed by atoms with Gasteiger partial charge < -0.3 is 0 Å². The molecule has 0 aliphatic heterocycles. The van der Waals surface area contributed by atoms with E-state index in [4.69, 9.17) is 0 Å². The standard InChI is InChI=1S/C14H18BrIO/c1-2-3-4-5-6-7-14(17)12-10-11(16)8-9-13(12)15/h8-10H,2-7H2,1H3. The van der Waals surface area contributed by atoms with E-state index in [2.05, 4.69) is 45.4 Å². The van der Waals surface area contributed by atoms with E-state index >= 15 is 0 Å². The van der Waals surface area contributed by atoms with E-state index in [0.717, 1.165) is 20.0 Å². The normalized spacial score (nSPS) is 10.5. The van der Waals surface area contributed by atoms with E-state index in [1.807, 2.05) is 18.2 Å². The van der Waals surface area contributed by atoms with Gasteiger partial charge in [-0.05, 0) is 47.2 Å². The molecular formula is C14H18BrIO. The number of carbonyl (C=O) groups excluding carboxylic acids is 1. The molecule has 0 atom stereocenters. The highest BCUT2D eigenvalue weighted by atomic mass is 127. The third-order valence-corrected chi connectivity index (χ3v) is 4.10. The van der Waals surface area contributed by atoms with Crippen molar-refractivity contribution in [1.82, 2.24) is 0 Å². The predicted molar refractivity (Wildman–Crippen MR) is 84.6 cm³/mol. The fourth-order valence-corrected chi connectivity index (χ4v) is 2.69. The maximum absolute atomic E-state index is 12.0. The van der Waals surface area contributed by atoms with Crippen molar-refractivity contribution in [1.29, 1.82) is 0 Å². The highest BCUT2D eigenvalue weighted by Gasteiger charge is 2.09. The monoisotopic (exact) mass is 408 g/mol. The van der Waals surface area contributed by atoms with Crippen molar-refractivity contribution in [3.05, 3.63) is 31.8 Å². The van der Waals surface area contributed by atoms with E-state index in [9.17, 15) is 4.79 Å². The average Bonchev–Trinajstić information content (AvgIpc) is 2.32. The highest BCUT2D eigenvalue weighted by Crippen LogP contribution is 2.21. The number of unbranched alkanes of at least 4 members (excludes halogenated alkanes) is 4. The maximum Gasteiger partial charge on any atom is 0.164 e. The van der Waals surface area contributed by atoms with Crippen molar-refractivity contribution in [2.75, 3.05) is 0 Å². The lowest BCUT2D eigenvalue weighted by molar-refractivity contribution is 0.0978. The topological polar surface area (TPSA) is 17.1 Å². The molecule has 0 N–H and O–H groups in total. The van der Waals surface area contributed by atoms with Crippen LogP contribution in [0.5, 0.6) is 0 Å². The van der Waals surface area contributed by atoms with E-state index < -0.39 is 0 Å². The molecule has 94 valence electrons. The number of rotatable bonds is 7. The van der Waals surface area contributed by atoms with Gasteiger partial charge in [0, 0.05) is 20.0 Å². The molecule has 0 aliphatic rings. The molecular weight excluding hydrogens is 391 g/mol. The summed E-state index contributed by atoms with van der Waals surface area (Å²) >= 11 is 5.68. The van der Waals surface area contributed by atoms with Crippen molar-refractivity contribution in [3.8, 4) is 0 Å². The molecule has 0 heterocycles. The van der Waals surface area contributed by atoms with E-state index in [1.165, 1.54) is 25.7 Å². The van der Waals surface area contributed by atoms with Gasteiger partial charge in [0.1, 0.15) is 0 Å². The Bertz CT molecular complexity index is 376. The van der Waals surface area contributed by atoms with Gasteiger partial charge in [-0.2, -0.15) is 0 Å². The molecule has 0 aromatic heterocycles. The molecule has 1 aromatic carbocycles. The van der Waals surface area contributed by atoms with Crippen LogP contribution in [-0.4, -0.2) is 5.78 Å². The summed E-state index contributed by atoms with van der Waals surface area (Å²) in [7, 11) is 0. The summed E-state index contributed by atoms with van der Waals surface area (Å²) in [5.74, 6) is 0.256. The minimum absolute atomic E-state index is 0.256. The number of halogens is 2. The number of carbonyl (C=O) groups is 1. The fraction of sp³-hybridized carbons (Fsp3) is 0.500. The summed E-state index contributed by atoms with van der Waals surface area (Å²) in [5.41, 5.74) is 0.826. The Labute approximate surface area is 126 Å². The molecule has 1 nitrogen and oxygen atoms in total. The molecule has 0 spiro atoms. The van der Waals surface area contributed by atoms with Crippen LogP contribution in [0.4, 0.5) is 0 Å². The lowest BCUT2D eigenvalue weighted by Gasteiger charge is -2.04. The van der Waals surface area contributed by atoms with Gasteiger partial charge in [0.15, 0.2) is 5.78 Å². The Morgan fingerprint density at radius 3 is 2.65 bits per heavy atom. The van der Waals surface area contributed by atoms with Gasteiger partial charge in [-0.25, -0.2) is 0 Å². The van der Waals surface area contributed by atoms with Crippen LogP contribution in [0.3, 0.4) is 0 Å². The molecule has 1 rings (SSSR count). The van der Waals surface area contributed by atoms with Gasteiger partial charge in [-0.1, -0.05) is 48.5 Å². The van der Waals surface area contributed by atoms with Crippen LogP contribution in [0.1, 0.15) is 55.8 Å². The first-order chi connectivity index (χ1) is 8.15. The third kappa shape index (κ3) is 5.51. The molecule has 3 heteroatoms. The molecule has 0 unspecified atom stereocenters. The van der Waals surface area contributed by atoms with Crippen molar-refractivity contribution in [2.24, 2.45) is 0 Å². The van der Waals surface area contributed by atoms with Gasteiger partial charge in [0.2, 0.25) is 0 Å². The van der Waals surface area contributed by atoms with E-state index in [0.29, 0.717) is 6.42 Å². The second kappa shape index (κ2) is 8.25. The molecule has 0 amide bonds.